The number of hydrogen-bond donors (Lipinski definition) is 0. The van der Waals surface area contributed by atoms with Gasteiger partial charge in [0.1, 0.15) is 0 Å². The molecule has 1 aliphatic heterocycles. The van der Waals surface area contributed by atoms with Crippen LogP contribution in [0.2, 0.25) is 0 Å². The van der Waals surface area contributed by atoms with Crippen LogP contribution in [0.4, 0.5) is 0 Å². The molecule has 0 spiro atoms. The van der Waals surface area contributed by atoms with Crippen LogP contribution in [0, 0.1) is 0 Å². The molecule has 0 bridgehead atoms. The fraction of sp³-hybridized carbons (Fsp3) is 1.00. The minimum Gasteiger partial charge on any atom is -0.380 e. The van der Waals surface area contributed by atoms with E-state index in [0.717, 1.165) is 26.2 Å². The molecule has 0 aromatic rings. The summed E-state index contributed by atoms with van der Waals surface area (Å²) in [6.07, 6.45) is 0.983. The Hall–Kier alpha value is 0.400. The molecule has 0 aromatic heterocycles. The molecule has 0 aromatic carbocycles. The third-order valence-electron chi connectivity index (χ3n) is 2.14. The van der Waals surface area contributed by atoms with E-state index < -0.39 is 0 Å². The molecule has 2 unspecified atom stereocenters. The predicted molar refractivity (Wildman–Crippen MR) is 48.2 cm³/mol. The predicted octanol–water partition coefficient (Wildman–Crippen LogP) is 1.97. The molecule has 1 aliphatic rings. The first-order chi connectivity index (χ1) is 5.19. The van der Waals surface area contributed by atoms with E-state index in [-0.39, 0.29) is 5.60 Å². The molecule has 0 N–H and O–H groups in total. The summed E-state index contributed by atoms with van der Waals surface area (Å²) in [5, 5.41) is 0. The van der Waals surface area contributed by atoms with Crippen LogP contribution in [0.3, 0.4) is 0 Å². The highest BCUT2D eigenvalue weighted by atomic mass is 79.9. The standard InChI is InChI=1S/C8H15BrO2/c1-3-11-8(2)4-5-10-6-7(8)9/h7H,3-6H2,1-2H3. The van der Waals surface area contributed by atoms with Gasteiger partial charge < -0.3 is 9.47 Å². The molecular weight excluding hydrogens is 208 g/mol. The Morgan fingerprint density at radius 2 is 2.45 bits per heavy atom. The molecule has 0 aliphatic carbocycles. The van der Waals surface area contributed by atoms with E-state index in [1.807, 2.05) is 6.92 Å². The van der Waals surface area contributed by atoms with Gasteiger partial charge in [-0.2, -0.15) is 0 Å². The van der Waals surface area contributed by atoms with Crippen molar-refractivity contribution in [2.75, 3.05) is 19.8 Å². The minimum absolute atomic E-state index is 0.0208. The second-order valence-corrected chi connectivity index (χ2v) is 4.14. The van der Waals surface area contributed by atoms with Crippen LogP contribution in [0.1, 0.15) is 20.3 Å². The minimum atomic E-state index is -0.0208. The lowest BCUT2D eigenvalue weighted by atomic mass is 9.97. The van der Waals surface area contributed by atoms with Gasteiger partial charge in [-0.25, -0.2) is 0 Å². The van der Waals surface area contributed by atoms with Gasteiger partial charge in [-0.1, -0.05) is 15.9 Å². The fourth-order valence-corrected chi connectivity index (χ4v) is 1.83. The zero-order valence-electron chi connectivity index (χ0n) is 7.10. The zero-order valence-corrected chi connectivity index (χ0v) is 8.69. The van der Waals surface area contributed by atoms with E-state index in [1.54, 1.807) is 0 Å². The maximum atomic E-state index is 5.66. The first-order valence-electron chi connectivity index (χ1n) is 4.05. The van der Waals surface area contributed by atoms with Crippen LogP contribution >= 0.6 is 15.9 Å². The Morgan fingerprint density at radius 3 is 3.00 bits per heavy atom. The van der Waals surface area contributed by atoms with Gasteiger partial charge in [0.15, 0.2) is 0 Å². The molecular formula is C8H15BrO2. The van der Waals surface area contributed by atoms with Gasteiger partial charge in [0.25, 0.3) is 0 Å². The molecule has 1 rings (SSSR count). The van der Waals surface area contributed by atoms with Crippen molar-refractivity contribution < 1.29 is 9.47 Å². The van der Waals surface area contributed by atoms with Gasteiger partial charge >= 0.3 is 0 Å². The van der Waals surface area contributed by atoms with Crippen molar-refractivity contribution in [2.45, 2.75) is 30.7 Å². The second-order valence-electron chi connectivity index (χ2n) is 3.04. The molecule has 66 valence electrons. The first kappa shape index (κ1) is 9.49. The molecule has 0 radical (unpaired) electrons. The van der Waals surface area contributed by atoms with Gasteiger partial charge in [0.2, 0.25) is 0 Å². The van der Waals surface area contributed by atoms with Crippen LogP contribution in [0.5, 0.6) is 0 Å². The number of rotatable bonds is 2. The Labute approximate surface area is 76.4 Å². The van der Waals surface area contributed by atoms with Crippen LogP contribution < -0.4 is 0 Å². The summed E-state index contributed by atoms with van der Waals surface area (Å²) in [5.74, 6) is 0. The average Bonchev–Trinajstić information content (AvgIpc) is 1.96. The molecule has 1 heterocycles. The van der Waals surface area contributed by atoms with Gasteiger partial charge in [0, 0.05) is 19.6 Å². The molecule has 11 heavy (non-hydrogen) atoms. The smallest absolute Gasteiger partial charge is 0.0823 e. The Kier molecular flexibility index (Phi) is 3.34. The summed E-state index contributed by atoms with van der Waals surface area (Å²) >= 11 is 3.56. The SMILES string of the molecule is CCOC1(C)CCOCC1Br. The van der Waals surface area contributed by atoms with E-state index in [2.05, 4.69) is 22.9 Å². The summed E-state index contributed by atoms with van der Waals surface area (Å²) in [6, 6.07) is 0. The van der Waals surface area contributed by atoms with Crippen LogP contribution in [-0.2, 0) is 9.47 Å². The van der Waals surface area contributed by atoms with E-state index in [1.165, 1.54) is 0 Å². The quantitative estimate of drug-likeness (QED) is 0.666. The summed E-state index contributed by atoms with van der Waals surface area (Å²) in [6.45, 7) is 6.52. The lowest BCUT2D eigenvalue weighted by Gasteiger charge is -2.37. The van der Waals surface area contributed by atoms with Crippen molar-refractivity contribution in [3.63, 3.8) is 0 Å². The number of hydrogen-bond acceptors (Lipinski definition) is 2. The van der Waals surface area contributed by atoms with Crippen LogP contribution in [0.25, 0.3) is 0 Å². The maximum absolute atomic E-state index is 5.66. The Balaban J connectivity index is 2.49. The summed E-state index contributed by atoms with van der Waals surface area (Å²) in [5.41, 5.74) is -0.0208. The lowest BCUT2D eigenvalue weighted by molar-refractivity contribution is -0.0875. The highest BCUT2D eigenvalue weighted by Crippen LogP contribution is 2.29. The zero-order chi connectivity index (χ0) is 8.32. The van der Waals surface area contributed by atoms with Crippen LogP contribution in [0.15, 0.2) is 0 Å². The number of ether oxygens (including phenoxy) is 2. The van der Waals surface area contributed by atoms with Crippen molar-refractivity contribution in [1.29, 1.82) is 0 Å². The Bertz CT molecular complexity index is 125. The molecule has 3 heteroatoms. The number of halogens is 1. The molecule has 2 nitrogen and oxygen atoms in total. The highest BCUT2D eigenvalue weighted by molar-refractivity contribution is 9.09. The van der Waals surface area contributed by atoms with Crippen molar-refractivity contribution in [2.24, 2.45) is 0 Å². The molecule has 1 fully saturated rings. The van der Waals surface area contributed by atoms with Gasteiger partial charge in [-0.15, -0.1) is 0 Å². The van der Waals surface area contributed by atoms with E-state index in [9.17, 15) is 0 Å². The van der Waals surface area contributed by atoms with Gasteiger partial charge in [-0.3, -0.25) is 0 Å². The van der Waals surface area contributed by atoms with Crippen LogP contribution in [-0.4, -0.2) is 30.2 Å². The Morgan fingerprint density at radius 1 is 1.73 bits per heavy atom. The summed E-state index contributed by atoms with van der Waals surface area (Å²) in [4.78, 5) is 0.337. The van der Waals surface area contributed by atoms with Crippen molar-refractivity contribution in [3.05, 3.63) is 0 Å². The monoisotopic (exact) mass is 222 g/mol. The fourth-order valence-electron chi connectivity index (χ4n) is 1.29. The van der Waals surface area contributed by atoms with E-state index >= 15 is 0 Å². The van der Waals surface area contributed by atoms with E-state index in [0.29, 0.717) is 4.83 Å². The van der Waals surface area contributed by atoms with Crippen molar-refractivity contribution >= 4 is 15.9 Å². The average molecular weight is 223 g/mol. The molecule has 2 atom stereocenters. The van der Waals surface area contributed by atoms with E-state index in [4.69, 9.17) is 9.47 Å². The normalized spacial score (nSPS) is 39.0. The van der Waals surface area contributed by atoms with Gasteiger partial charge in [0.05, 0.1) is 17.0 Å². The molecule has 0 amide bonds. The largest absolute Gasteiger partial charge is 0.380 e. The molecule has 0 saturated carbocycles. The first-order valence-corrected chi connectivity index (χ1v) is 4.96. The van der Waals surface area contributed by atoms with Crippen molar-refractivity contribution in [3.8, 4) is 0 Å². The van der Waals surface area contributed by atoms with Gasteiger partial charge in [-0.05, 0) is 13.8 Å². The highest BCUT2D eigenvalue weighted by Gasteiger charge is 2.36. The maximum Gasteiger partial charge on any atom is 0.0823 e. The third kappa shape index (κ3) is 2.17. The summed E-state index contributed by atoms with van der Waals surface area (Å²) in [7, 11) is 0. The number of alkyl halides is 1. The summed E-state index contributed by atoms with van der Waals surface area (Å²) < 4.78 is 11.0. The topological polar surface area (TPSA) is 18.5 Å². The molecule has 1 saturated heterocycles. The van der Waals surface area contributed by atoms with Crippen molar-refractivity contribution in [1.82, 2.24) is 0 Å². The second kappa shape index (κ2) is 3.87. The third-order valence-corrected chi connectivity index (χ3v) is 3.38. The lowest BCUT2D eigenvalue weighted by Crippen LogP contribution is -2.45.